The monoisotopic (exact) mass is 605 g/mol. The number of benzene rings is 2. The van der Waals surface area contributed by atoms with Crippen molar-refractivity contribution in [3.8, 4) is 0 Å². The lowest BCUT2D eigenvalue weighted by molar-refractivity contribution is -0.137. The number of carbonyl (C=O) groups is 4. The second-order valence-corrected chi connectivity index (χ2v) is 12.5. The lowest BCUT2D eigenvalue weighted by Crippen LogP contribution is -2.59. The number of hydrogen-bond acceptors (Lipinski definition) is 7. The summed E-state index contributed by atoms with van der Waals surface area (Å²) in [6.07, 6.45) is 0.722. The van der Waals surface area contributed by atoms with Crippen LogP contribution in [0, 0.1) is 0 Å². The van der Waals surface area contributed by atoms with Crippen molar-refractivity contribution in [2.75, 3.05) is 5.32 Å². The van der Waals surface area contributed by atoms with E-state index in [0.717, 1.165) is 15.6 Å². The van der Waals surface area contributed by atoms with Gasteiger partial charge in [-0.1, -0.05) is 48.5 Å². The van der Waals surface area contributed by atoms with Crippen molar-refractivity contribution in [2.45, 2.75) is 64.1 Å². The Bertz CT molecular complexity index is 1620. The molecule has 0 saturated carbocycles. The molecule has 12 heteroatoms. The predicted octanol–water partition coefficient (Wildman–Crippen LogP) is 4.81. The van der Waals surface area contributed by atoms with Crippen LogP contribution in [0.15, 0.2) is 66.2 Å². The Kier molecular flexibility index (Phi) is 9.19. The van der Waals surface area contributed by atoms with Gasteiger partial charge in [0, 0.05) is 11.1 Å². The molecule has 226 valence electrons. The Morgan fingerprint density at radius 2 is 1.67 bits per heavy atom. The largest absolute Gasteiger partial charge is 0.480 e. The number of nitrogens with one attached hydrogen (secondary N) is 4. The van der Waals surface area contributed by atoms with Gasteiger partial charge in [-0.05, 0) is 62.6 Å². The molecule has 0 aliphatic carbocycles. The zero-order valence-corrected chi connectivity index (χ0v) is 25.4. The summed E-state index contributed by atoms with van der Waals surface area (Å²) in [6, 6.07) is 15.3. The van der Waals surface area contributed by atoms with E-state index in [9.17, 15) is 24.3 Å². The van der Waals surface area contributed by atoms with Gasteiger partial charge in [-0.25, -0.2) is 9.78 Å². The van der Waals surface area contributed by atoms with E-state index in [-0.39, 0.29) is 18.1 Å². The molecule has 11 nitrogen and oxygen atoms in total. The number of alkyl carbamates (subject to hydrolysis) is 1. The number of hydrogen-bond donors (Lipinski definition) is 5. The van der Waals surface area contributed by atoms with E-state index in [1.807, 2.05) is 29.6 Å². The summed E-state index contributed by atoms with van der Waals surface area (Å²) in [5.41, 5.74) is -0.790. The molecule has 3 amide bonds. The fourth-order valence-corrected chi connectivity index (χ4v) is 5.38. The summed E-state index contributed by atoms with van der Waals surface area (Å²) >= 11 is 1.53. The summed E-state index contributed by atoms with van der Waals surface area (Å²) in [5.74, 6) is -3.02. The van der Waals surface area contributed by atoms with E-state index >= 15 is 0 Å². The molecule has 0 radical (unpaired) electrons. The number of aromatic nitrogens is 2. The van der Waals surface area contributed by atoms with Gasteiger partial charge < -0.3 is 30.8 Å². The number of thiophene rings is 1. The molecule has 0 saturated heterocycles. The van der Waals surface area contributed by atoms with E-state index in [1.54, 1.807) is 51.1 Å². The maximum Gasteiger partial charge on any atom is 0.408 e. The van der Waals surface area contributed by atoms with Crippen LogP contribution in [0.5, 0.6) is 0 Å². The maximum absolute atomic E-state index is 13.6. The smallest absolute Gasteiger partial charge is 0.408 e. The van der Waals surface area contributed by atoms with Gasteiger partial charge in [-0.3, -0.25) is 14.4 Å². The number of fused-ring (bicyclic) bond motifs is 1. The van der Waals surface area contributed by atoms with Gasteiger partial charge >= 0.3 is 12.1 Å². The van der Waals surface area contributed by atoms with Gasteiger partial charge in [0.15, 0.2) is 0 Å². The van der Waals surface area contributed by atoms with Crippen molar-refractivity contribution < 1.29 is 29.0 Å². The number of rotatable bonds is 10. The van der Waals surface area contributed by atoms with Gasteiger partial charge in [0.25, 0.3) is 0 Å². The summed E-state index contributed by atoms with van der Waals surface area (Å²) in [6.45, 7) is 8.16. The Hall–Kier alpha value is -4.71. The van der Waals surface area contributed by atoms with Crippen LogP contribution in [0.3, 0.4) is 0 Å². The Balaban J connectivity index is 1.56. The Morgan fingerprint density at radius 1 is 1.00 bits per heavy atom. The number of carbonyl (C=O) groups excluding carboxylic acids is 3. The number of carboxylic acid groups (broad SMARTS) is 1. The van der Waals surface area contributed by atoms with Crippen LogP contribution in [-0.2, 0) is 25.5 Å². The molecular formula is C31H35N5O6S. The van der Waals surface area contributed by atoms with E-state index < -0.39 is 47.0 Å². The molecule has 5 N–H and O–H groups in total. The number of aromatic amines is 1. The van der Waals surface area contributed by atoms with Crippen LogP contribution in [0.1, 0.15) is 57.5 Å². The molecule has 2 aromatic heterocycles. The highest BCUT2D eigenvalue weighted by atomic mass is 32.1. The first-order valence-corrected chi connectivity index (χ1v) is 14.5. The number of nitrogens with zero attached hydrogens (tertiary/aromatic N) is 1. The van der Waals surface area contributed by atoms with Crippen molar-refractivity contribution in [1.82, 2.24) is 20.6 Å². The highest BCUT2D eigenvalue weighted by Crippen LogP contribution is 2.27. The molecule has 2 aromatic carbocycles. The Morgan fingerprint density at radius 3 is 2.35 bits per heavy atom. The standard InChI is InChI=1S/C31H35N5O6S/c1-30(2,3)42-29(41)36-31(4,5)28(40)33-21(15-19-17-43-22-14-10-9-13-20(19)22)26(37)35-23-16-32-25(34-23)24(27(38)39)18-11-7-6-8-12-18/h6-14,16-17,21,24H,15H2,1-5H3,(H,32,34)(H,33,40)(H,35,37)(H,36,41)(H,38,39)/t21-,24?/m1/s1. The molecule has 2 atom stereocenters. The fourth-order valence-electron chi connectivity index (χ4n) is 4.40. The number of carboxylic acids is 1. The first-order chi connectivity index (χ1) is 20.2. The number of aliphatic carboxylic acids is 1. The summed E-state index contributed by atoms with van der Waals surface area (Å²) in [7, 11) is 0. The van der Waals surface area contributed by atoms with Crippen molar-refractivity contribution >= 4 is 51.1 Å². The third kappa shape index (κ3) is 7.98. The van der Waals surface area contributed by atoms with Crippen LogP contribution in [-0.4, -0.2) is 56.1 Å². The molecular weight excluding hydrogens is 570 g/mol. The second-order valence-electron chi connectivity index (χ2n) is 11.6. The SMILES string of the molecule is CC(C)(C)OC(=O)NC(C)(C)C(=O)N[C@H](Cc1csc2ccccc12)C(=O)Nc1cnc(C(C(=O)O)c2ccccc2)[nH]1. The van der Waals surface area contributed by atoms with E-state index in [4.69, 9.17) is 4.74 Å². The molecule has 43 heavy (non-hydrogen) atoms. The highest BCUT2D eigenvalue weighted by molar-refractivity contribution is 7.17. The molecule has 4 aromatic rings. The summed E-state index contributed by atoms with van der Waals surface area (Å²) in [4.78, 5) is 58.6. The number of amides is 3. The minimum Gasteiger partial charge on any atom is -0.480 e. The first kappa shape index (κ1) is 31.2. The van der Waals surface area contributed by atoms with E-state index in [2.05, 4.69) is 25.9 Å². The summed E-state index contributed by atoms with van der Waals surface area (Å²) in [5, 5.41) is 20.8. The van der Waals surface area contributed by atoms with Crippen LogP contribution in [0.25, 0.3) is 10.1 Å². The van der Waals surface area contributed by atoms with Gasteiger partial charge in [0.2, 0.25) is 11.8 Å². The fraction of sp³-hybridized carbons (Fsp3) is 0.323. The zero-order valence-electron chi connectivity index (χ0n) is 24.6. The average molecular weight is 606 g/mol. The lowest BCUT2D eigenvalue weighted by Gasteiger charge is -2.29. The highest BCUT2D eigenvalue weighted by Gasteiger charge is 2.35. The molecule has 0 bridgehead atoms. The molecule has 0 spiro atoms. The lowest BCUT2D eigenvalue weighted by atomic mass is 9.99. The first-order valence-electron chi connectivity index (χ1n) is 13.6. The van der Waals surface area contributed by atoms with Crippen LogP contribution in [0.4, 0.5) is 10.6 Å². The van der Waals surface area contributed by atoms with Crippen LogP contribution >= 0.6 is 11.3 Å². The number of anilines is 1. The number of ether oxygens (including phenoxy) is 1. The van der Waals surface area contributed by atoms with E-state index in [1.165, 1.54) is 31.4 Å². The third-order valence-electron chi connectivity index (χ3n) is 6.49. The maximum atomic E-state index is 13.6. The predicted molar refractivity (Wildman–Crippen MR) is 164 cm³/mol. The van der Waals surface area contributed by atoms with Crippen LogP contribution in [0.2, 0.25) is 0 Å². The van der Waals surface area contributed by atoms with Crippen LogP contribution < -0.4 is 16.0 Å². The van der Waals surface area contributed by atoms with Crippen molar-refractivity contribution in [3.05, 3.63) is 83.1 Å². The molecule has 1 unspecified atom stereocenters. The summed E-state index contributed by atoms with van der Waals surface area (Å²) < 4.78 is 6.33. The second kappa shape index (κ2) is 12.7. The normalized spacial score (nSPS) is 13.1. The topological polar surface area (TPSA) is 163 Å². The van der Waals surface area contributed by atoms with Gasteiger partial charge in [0.05, 0.1) is 6.20 Å². The van der Waals surface area contributed by atoms with Crippen molar-refractivity contribution in [1.29, 1.82) is 0 Å². The van der Waals surface area contributed by atoms with Crippen molar-refractivity contribution in [3.63, 3.8) is 0 Å². The minimum atomic E-state index is -1.41. The average Bonchev–Trinajstić information content (AvgIpc) is 3.54. The number of H-pyrrole nitrogens is 1. The number of imidazole rings is 1. The van der Waals surface area contributed by atoms with Crippen molar-refractivity contribution in [2.24, 2.45) is 0 Å². The molecule has 0 aliphatic rings. The van der Waals surface area contributed by atoms with Gasteiger partial charge in [-0.15, -0.1) is 11.3 Å². The zero-order chi connectivity index (χ0) is 31.4. The molecule has 4 rings (SSSR count). The van der Waals surface area contributed by atoms with Gasteiger partial charge in [-0.2, -0.15) is 0 Å². The minimum absolute atomic E-state index is 0.140. The molecule has 2 heterocycles. The van der Waals surface area contributed by atoms with E-state index in [0.29, 0.717) is 5.56 Å². The quantitative estimate of drug-likeness (QED) is 0.173. The van der Waals surface area contributed by atoms with Gasteiger partial charge in [0.1, 0.15) is 34.7 Å². The molecule has 0 aliphatic heterocycles. The third-order valence-corrected chi connectivity index (χ3v) is 7.51. The Labute approximate surface area is 253 Å². The molecule has 0 fully saturated rings.